The van der Waals surface area contributed by atoms with Crippen LogP contribution in [0.1, 0.15) is 11.1 Å². The van der Waals surface area contributed by atoms with E-state index in [0.29, 0.717) is 24.5 Å². The van der Waals surface area contributed by atoms with Gasteiger partial charge in [-0.25, -0.2) is 0 Å². The molecule has 1 aromatic carbocycles. The van der Waals surface area contributed by atoms with Crippen molar-refractivity contribution >= 4 is 12.0 Å². The zero-order chi connectivity index (χ0) is 15.8. The quantitative estimate of drug-likeness (QED) is 0.799. The summed E-state index contributed by atoms with van der Waals surface area (Å²) in [5, 5.41) is 2.83. The molecule has 1 aromatic heterocycles. The van der Waals surface area contributed by atoms with Crippen LogP contribution >= 0.6 is 0 Å². The second-order valence-electron chi connectivity index (χ2n) is 4.62. The molecule has 116 valence electrons. The molecular weight excluding hydrogens is 282 g/mol. The lowest BCUT2D eigenvalue weighted by molar-refractivity contribution is -0.116. The van der Waals surface area contributed by atoms with E-state index < -0.39 is 0 Å². The molecule has 0 aliphatic rings. The standard InChI is InChI=1S/C17H19NO4/c1-20-15-5-3-13(11-16(15)21-2)7-9-18-17(19)6-4-14-8-10-22-12-14/h3-6,8,10-12H,7,9H2,1-2H3,(H,18,19)/b6-4+. The van der Waals surface area contributed by atoms with Gasteiger partial charge in [0.2, 0.25) is 5.91 Å². The predicted octanol–water partition coefficient (Wildman–Crippen LogP) is 2.67. The van der Waals surface area contributed by atoms with Crippen LogP contribution in [0.4, 0.5) is 0 Å². The maximum atomic E-state index is 11.7. The molecule has 1 heterocycles. The van der Waals surface area contributed by atoms with Gasteiger partial charge in [0.1, 0.15) is 0 Å². The first-order valence-corrected chi connectivity index (χ1v) is 6.92. The summed E-state index contributed by atoms with van der Waals surface area (Å²) in [5.74, 6) is 1.24. The van der Waals surface area contributed by atoms with Crippen LogP contribution in [0.25, 0.3) is 6.08 Å². The minimum atomic E-state index is -0.137. The number of benzene rings is 1. The Hall–Kier alpha value is -2.69. The molecule has 0 atom stereocenters. The Bertz CT molecular complexity index is 632. The summed E-state index contributed by atoms with van der Waals surface area (Å²) in [6.45, 7) is 0.546. The van der Waals surface area contributed by atoms with Gasteiger partial charge in [-0.2, -0.15) is 0 Å². The number of furan rings is 1. The second kappa shape index (κ2) is 7.93. The van der Waals surface area contributed by atoms with Crippen molar-refractivity contribution in [3.8, 4) is 11.5 Å². The number of methoxy groups -OCH3 is 2. The minimum absolute atomic E-state index is 0.137. The van der Waals surface area contributed by atoms with Crippen molar-refractivity contribution < 1.29 is 18.7 Å². The van der Waals surface area contributed by atoms with E-state index in [4.69, 9.17) is 13.9 Å². The molecule has 5 heteroatoms. The Balaban J connectivity index is 1.82. The third-order valence-electron chi connectivity index (χ3n) is 3.13. The molecule has 1 N–H and O–H groups in total. The summed E-state index contributed by atoms with van der Waals surface area (Å²) < 4.78 is 15.4. The summed E-state index contributed by atoms with van der Waals surface area (Å²) in [5.41, 5.74) is 1.92. The fraction of sp³-hybridized carbons (Fsp3) is 0.235. The van der Waals surface area contributed by atoms with Crippen LogP contribution in [0.2, 0.25) is 0 Å². The molecule has 22 heavy (non-hydrogen) atoms. The van der Waals surface area contributed by atoms with E-state index in [9.17, 15) is 4.79 Å². The Morgan fingerprint density at radius 2 is 2.05 bits per heavy atom. The molecule has 0 saturated carbocycles. The largest absolute Gasteiger partial charge is 0.493 e. The van der Waals surface area contributed by atoms with Crippen molar-refractivity contribution in [2.45, 2.75) is 6.42 Å². The fourth-order valence-corrected chi connectivity index (χ4v) is 1.97. The fourth-order valence-electron chi connectivity index (χ4n) is 1.97. The van der Waals surface area contributed by atoms with Crippen molar-refractivity contribution in [3.05, 3.63) is 54.0 Å². The van der Waals surface area contributed by atoms with Crippen LogP contribution in [0.5, 0.6) is 11.5 Å². The SMILES string of the molecule is COc1ccc(CCNC(=O)/C=C/c2ccoc2)cc1OC. The number of amides is 1. The lowest BCUT2D eigenvalue weighted by Gasteiger charge is -2.09. The molecule has 2 rings (SSSR count). The maximum absolute atomic E-state index is 11.7. The van der Waals surface area contributed by atoms with Gasteiger partial charge in [0.25, 0.3) is 0 Å². The molecular formula is C17H19NO4. The van der Waals surface area contributed by atoms with Crippen LogP contribution < -0.4 is 14.8 Å². The van der Waals surface area contributed by atoms with Crippen molar-refractivity contribution in [3.63, 3.8) is 0 Å². The highest BCUT2D eigenvalue weighted by molar-refractivity contribution is 5.91. The number of carbonyl (C=O) groups excluding carboxylic acids is 1. The minimum Gasteiger partial charge on any atom is -0.493 e. The van der Waals surface area contributed by atoms with E-state index in [1.54, 1.807) is 38.9 Å². The maximum Gasteiger partial charge on any atom is 0.244 e. The molecule has 0 saturated heterocycles. The molecule has 0 aliphatic heterocycles. The Morgan fingerprint density at radius 3 is 2.73 bits per heavy atom. The van der Waals surface area contributed by atoms with E-state index in [1.165, 1.54) is 6.08 Å². The molecule has 0 unspecified atom stereocenters. The first kappa shape index (κ1) is 15.7. The number of rotatable bonds is 7. The highest BCUT2D eigenvalue weighted by atomic mass is 16.5. The molecule has 0 bridgehead atoms. The van der Waals surface area contributed by atoms with Crippen LogP contribution in [0.3, 0.4) is 0 Å². The molecule has 0 radical (unpaired) electrons. The van der Waals surface area contributed by atoms with Gasteiger partial charge in [0, 0.05) is 18.2 Å². The van der Waals surface area contributed by atoms with Crippen molar-refractivity contribution in [2.24, 2.45) is 0 Å². The number of ether oxygens (including phenoxy) is 2. The van der Waals surface area contributed by atoms with Gasteiger partial charge < -0.3 is 19.2 Å². The summed E-state index contributed by atoms with van der Waals surface area (Å²) in [4.78, 5) is 11.7. The molecule has 1 amide bonds. The van der Waals surface area contributed by atoms with Gasteiger partial charge in [0.15, 0.2) is 11.5 Å². The number of hydrogen-bond donors (Lipinski definition) is 1. The lowest BCUT2D eigenvalue weighted by Crippen LogP contribution is -2.23. The Labute approximate surface area is 129 Å². The number of carbonyl (C=O) groups is 1. The van der Waals surface area contributed by atoms with E-state index in [1.807, 2.05) is 18.2 Å². The summed E-state index contributed by atoms with van der Waals surface area (Å²) in [6, 6.07) is 7.50. The van der Waals surface area contributed by atoms with E-state index in [2.05, 4.69) is 5.32 Å². The molecule has 5 nitrogen and oxygen atoms in total. The number of hydrogen-bond acceptors (Lipinski definition) is 4. The van der Waals surface area contributed by atoms with Gasteiger partial charge >= 0.3 is 0 Å². The Morgan fingerprint density at radius 1 is 1.23 bits per heavy atom. The number of nitrogens with one attached hydrogen (secondary N) is 1. The molecule has 0 fully saturated rings. The first-order chi connectivity index (χ1) is 10.7. The van der Waals surface area contributed by atoms with Crippen LogP contribution in [-0.4, -0.2) is 26.7 Å². The van der Waals surface area contributed by atoms with Gasteiger partial charge in [-0.3, -0.25) is 4.79 Å². The summed E-state index contributed by atoms with van der Waals surface area (Å²) in [6.07, 6.45) is 7.04. The topological polar surface area (TPSA) is 60.7 Å². The third-order valence-corrected chi connectivity index (χ3v) is 3.13. The van der Waals surface area contributed by atoms with E-state index in [-0.39, 0.29) is 5.91 Å². The average Bonchev–Trinajstić information content (AvgIpc) is 3.06. The predicted molar refractivity (Wildman–Crippen MR) is 84.0 cm³/mol. The summed E-state index contributed by atoms with van der Waals surface area (Å²) in [7, 11) is 3.20. The normalized spacial score (nSPS) is 10.6. The molecule has 2 aromatic rings. The highest BCUT2D eigenvalue weighted by Crippen LogP contribution is 2.27. The Kier molecular flexibility index (Phi) is 5.65. The average molecular weight is 301 g/mol. The van der Waals surface area contributed by atoms with Crippen molar-refractivity contribution in [1.82, 2.24) is 5.32 Å². The smallest absolute Gasteiger partial charge is 0.244 e. The van der Waals surface area contributed by atoms with Gasteiger partial charge in [0.05, 0.1) is 26.7 Å². The van der Waals surface area contributed by atoms with Gasteiger partial charge in [-0.1, -0.05) is 6.07 Å². The van der Waals surface area contributed by atoms with Crippen molar-refractivity contribution in [1.29, 1.82) is 0 Å². The van der Waals surface area contributed by atoms with Crippen LogP contribution in [0.15, 0.2) is 47.3 Å². The van der Waals surface area contributed by atoms with Crippen LogP contribution in [-0.2, 0) is 11.2 Å². The molecule has 0 aliphatic carbocycles. The van der Waals surface area contributed by atoms with Gasteiger partial charge in [-0.05, 0) is 36.3 Å². The zero-order valence-electron chi connectivity index (χ0n) is 12.7. The van der Waals surface area contributed by atoms with Gasteiger partial charge in [-0.15, -0.1) is 0 Å². The van der Waals surface area contributed by atoms with Crippen LogP contribution in [0, 0.1) is 0 Å². The second-order valence-corrected chi connectivity index (χ2v) is 4.62. The monoisotopic (exact) mass is 301 g/mol. The summed E-state index contributed by atoms with van der Waals surface area (Å²) >= 11 is 0. The zero-order valence-corrected chi connectivity index (χ0v) is 12.7. The third kappa shape index (κ3) is 4.41. The lowest BCUT2D eigenvalue weighted by atomic mass is 10.1. The van der Waals surface area contributed by atoms with Crippen molar-refractivity contribution in [2.75, 3.05) is 20.8 Å². The van der Waals surface area contributed by atoms with E-state index in [0.717, 1.165) is 11.1 Å². The van der Waals surface area contributed by atoms with E-state index >= 15 is 0 Å². The molecule has 0 spiro atoms. The first-order valence-electron chi connectivity index (χ1n) is 6.92. The highest BCUT2D eigenvalue weighted by Gasteiger charge is 2.04.